The van der Waals surface area contributed by atoms with Crippen LogP contribution in [-0.4, -0.2) is 11.1 Å². The van der Waals surface area contributed by atoms with E-state index >= 15 is 0 Å². The molecule has 0 saturated heterocycles. The predicted octanol–water partition coefficient (Wildman–Crippen LogP) is 4.07. The zero-order valence-electron chi connectivity index (χ0n) is 13.0. The number of nitrogens with one attached hydrogen (secondary N) is 1. The first-order chi connectivity index (χ1) is 10.7. The lowest BCUT2D eigenvalue weighted by molar-refractivity contribution is 0.474. The lowest BCUT2D eigenvalue weighted by Gasteiger charge is -2.16. The van der Waals surface area contributed by atoms with Gasteiger partial charge in [0, 0.05) is 12.6 Å². The SMILES string of the molecule is CC(Cc1ccc2c(c1)C=CCC2)NCc1ccc(O)cc1. The third-order valence-corrected chi connectivity index (χ3v) is 4.22. The number of hydrogen-bond donors (Lipinski definition) is 2. The summed E-state index contributed by atoms with van der Waals surface area (Å²) in [6.07, 6.45) is 7.87. The van der Waals surface area contributed by atoms with E-state index in [1.165, 1.54) is 28.7 Å². The molecule has 2 heteroatoms. The zero-order chi connectivity index (χ0) is 15.4. The highest BCUT2D eigenvalue weighted by Crippen LogP contribution is 2.21. The molecule has 1 atom stereocenters. The second-order valence-electron chi connectivity index (χ2n) is 6.13. The van der Waals surface area contributed by atoms with Crippen LogP contribution in [0.4, 0.5) is 0 Å². The van der Waals surface area contributed by atoms with Crippen LogP contribution in [0, 0.1) is 0 Å². The molecule has 0 amide bonds. The van der Waals surface area contributed by atoms with Crippen LogP contribution in [-0.2, 0) is 19.4 Å². The van der Waals surface area contributed by atoms with Gasteiger partial charge in [0.1, 0.15) is 5.75 Å². The van der Waals surface area contributed by atoms with Gasteiger partial charge in [-0.25, -0.2) is 0 Å². The minimum atomic E-state index is 0.318. The van der Waals surface area contributed by atoms with Crippen LogP contribution < -0.4 is 5.32 Å². The third-order valence-electron chi connectivity index (χ3n) is 4.22. The summed E-state index contributed by atoms with van der Waals surface area (Å²) < 4.78 is 0. The van der Waals surface area contributed by atoms with Crippen LogP contribution in [0.5, 0.6) is 5.75 Å². The Hall–Kier alpha value is -2.06. The lowest BCUT2D eigenvalue weighted by atomic mass is 9.94. The van der Waals surface area contributed by atoms with Crippen LogP contribution in [0.3, 0.4) is 0 Å². The quantitative estimate of drug-likeness (QED) is 0.871. The van der Waals surface area contributed by atoms with Crippen molar-refractivity contribution in [3.63, 3.8) is 0 Å². The molecule has 3 rings (SSSR count). The summed E-state index contributed by atoms with van der Waals surface area (Å²) in [6.45, 7) is 3.04. The van der Waals surface area contributed by atoms with E-state index in [2.05, 4.69) is 42.6 Å². The van der Waals surface area contributed by atoms with E-state index in [1.807, 2.05) is 12.1 Å². The van der Waals surface area contributed by atoms with Crippen molar-refractivity contribution in [2.24, 2.45) is 0 Å². The Morgan fingerprint density at radius 2 is 1.86 bits per heavy atom. The largest absolute Gasteiger partial charge is 0.508 e. The van der Waals surface area contributed by atoms with E-state index in [-0.39, 0.29) is 0 Å². The van der Waals surface area contributed by atoms with Crippen LogP contribution in [0.25, 0.3) is 6.08 Å². The molecule has 2 aromatic carbocycles. The number of allylic oxidation sites excluding steroid dienone is 1. The summed E-state index contributed by atoms with van der Waals surface area (Å²) in [4.78, 5) is 0. The van der Waals surface area contributed by atoms with Gasteiger partial charge >= 0.3 is 0 Å². The summed E-state index contributed by atoms with van der Waals surface area (Å²) in [7, 11) is 0. The molecule has 2 nitrogen and oxygen atoms in total. The molecule has 0 saturated carbocycles. The number of fused-ring (bicyclic) bond motifs is 1. The molecule has 1 aliphatic rings. The Morgan fingerprint density at radius 1 is 1.09 bits per heavy atom. The number of aromatic hydroxyl groups is 1. The Labute approximate surface area is 132 Å². The van der Waals surface area contributed by atoms with Crippen molar-refractivity contribution >= 4 is 6.08 Å². The first-order valence-corrected chi connectivity index (χ1v) is 8.00. The van der Waals surface area contributed by atoms with Gasteiger partial charge in [-0.15, -0.1) is 0 Å². The van der Waals surface area contributed by atoms with E-state index in [4.69, 9.17) is 0 Å². The molecule has 0 fully saturated rings. The topological polar surface area (TPSA) is 32.3 Å². The van der Waals surface area contributed by atoms with E-state index in [0.29, 0.717) is 11.8 Å². The van der Waals surface area contributed by atoms with Crippen molar-refractivity contribution in [1.82, 2.24) is 5.32 Å². The molecule has 114 valence electrons. The van der Waals surface area contributed by atoms with E-state index in [0.717, 1.165) is 19.4 Å². The minimum Gasteiger partial charge on any atom is -0.508 e. The Morgan fingerprint density at radius 3 is 2.68 bits per heavy atom. The normalized spacial score (nSPS) is 14.6. The van der Waals surface area contributed by atoms with Gasteiger partial charge in [0.05, 0.1) is 0 Å². The number of phenols is 1. The van der Waals surface area contributed by atoms with Crippen molar-refractivity contribution in [2.75, 3.05) is 0 Å². The lowest BCUT2D eigenvalue weighted by Crippen LogP contribution is -2.27. The molecule has 1 aliphatic carbocycles. The van der Waals surface area contributed by atoms with Crippen molar-refractivity contribution in [3.05, 3.63) is 70.8 Å². The molecule has 0 aliphatic heterocycles. The fourth-order valence-electron chi connectivity index (χ4n) is 2.93. The predicted molar refractivity (Wildman–Crippen MR) is 91.9 cm³/mol. The molecule has 2 N–H and O–H groups in total. The number of aryl methyl sites for hydroxylation is 1. The maximum atomic E-state index is 9.30. The van der Waals surface area contributed by atoms with E-state index < -0.39 is 0 Å². The van der Waals surface area contributed by atoms with Gasteiger partial charge in [0.2, 0.25) is 0 Å². The summed E-state index contributed by atoms with van der Waals surface area (Å²) >= 11 is 0. The van der Waals surface area contributed by atoms with Crippen molar-refractivity contribution in [3.8, 4) is 5.75 Å². The van der Waals surface area contributed by atoms with Crippen molar-refractivity contribution in [1.29, 1.82) is 0 Å². The Bertz CT molecular complexity index is 658. The molecule has 2 aromatic rings. The molecule has 0 heterocycles. The van der Waals surface area contributed by atoms with E-state index in [1.54, 1.807) is 12.1 Å². The third kappa shape index (κ3) is 3.77. The zero-order valence-corrected chi connectivity index (χ0v) is 13.0. The highest BCUT2D eigenvalue weighted by molar-refractivity contribution is 5.57. The number of hydrogen-bond acceptors (Lipinski definition) is 2. The van der Waals surface area contributed by atoms with E-state index in [9.17, 15) is 5.11 Å². The Balaban J connectivity index is 1.56. The summed E-state index contributed by atoms with van der Waals surface area (Å²) in [5.74, 6) is 0.318. The standard InChI is InChI=1S/C20H23NO/c1-15(21-14-16-7-10-20(22)11-8-16)12-17-6-9-18-4-2-3-5-19(18)13-17/h3,5-11,13,15,21-22H,2,4,12,14H2,1H3. The fourth-order valence-corrected chi connectivity index (χ4v) is 2.93. The average Bonchev–Trinajstić information content (AvgIpc) is 2.54. The number of benzene rings is 2. The molecular weight excluding hydrogens is 270 g/mol. The maximum Gasteiger partial charge on any atom is 0.115 e. The number of phenolic OH excluding ortho intramolecular Hbond substituents is 1. The van der Waals surface area contributed by atoms with Gasteiger partial charge in [-0.2, -0.15) is 0 Å². The highest BCUT2D eigenvalue weighted by atomic mass is 16.3. The van der Waals surface area contributed by atoms with Crippen LogP contribution in [0.15, 0.2) is 48.5 Å². The van der Waals surface area contributed by atoms with Crippen LogP contribution in [0.1, 0.15) is 35.6 Å². The second-order valence-corrected chi connectivity index (χ2v) is 6.13. The molecule has 0 aromatic heterocycles. The molecule has 0 bridgehead atoms. The monoisotopic (exact) mass is 293 g/mol. The number of rotatable bonds is 5. The van der Waals surface area contributed by atoms with Gasteiger partial charge in [0.25, 0.3) is 0 Å². The van der Waals surface area contributed by atoms with Crippen molar-refractivity contribution in [2.45, 2.75) is 38.8 Å². The van der Waals surface area contributed by atoms with Crippen molar-refractivity contribution < 1.29 is 5.11 Å². The fraction of sp³-hybridized carbons (Fsp3) is 0.300. The summed E-state index contributed by atoms with van der Waals surface area (Å²) in [5.41, 5.74) is 5.43. The van der Waals surface area contributed by atoms with Gasteiger partial charge < -0.3 is 10.4 Å². The van der Waals surface area contributed by atoms with Crippen LogP contribution >= 0.6 is 0 Å². The maximum absolute atomic E-state index is 9.30. The van der Waals surface area contributed by atoms with Gasteiger partial charge in [-0.05, 0) is 60.6 Å². The summed E-state index contributed by atoms with van der Waals surface area (Å²) in [5, 5.41) is 12.8. The molecule has 1 unspecified atom stereocenters. The molecule has 22 heavy (non-hydrogen) atoms. The Kier molecular flexibility index (Phi) is 4.59. The first-order valence-electron chi connectivity index (χ1n) is 8.00. The first kappa shape index (κ1) is 14.9. The molecule has 0 radical (unpaired) electrons. The summed E-state index contributed by atoms with van der Waals surface area (Å²) in [6, 6.07) is 14.7. The molecular formula is C20H23NO. The van der Waals surface area contributed by atoms with Gasteiger partial charge in [0.15, 0.2) is 0 Å². The molecule has 0 spiro atoms. The second kappa shape index (κ2) is 6.80. The minimum absolute atomic E-state index is 0.318. The smallest absolute Gasteiger partial charge is 0.115 e. The van der Waals surface area contributed by atoms with Gasteiger partial charge in [-0.3, -0.25) is 0 Å². The van der Waals surface area contributed by atoms with Gasteiger partial charge in [-0.1, -0.05) is 42.5 Å². The van der Waals surface area contributed by atoms with Crippen LogP contribution in [0.2, 0.25) is 0 Å². The highest BCUT2D eigenvalue weighted by Gasteiger charge is 2.08. The average molecular weight is 293 g/mol.